The molecule has 0 saturated carbocycles. The van der Waals surface area contributed by atoms with Gasteiger partial charge in [0.05, 0.1) is 0 Å². The van der Waals surface area contributed by atoms with E-state index in [9.17, 15) is 14.4 Å². The van der Waals surface area contributed by atoms with Crippen LogP contribution >= 0.6 is 0 Å². The van der Waals surface area contributed by atoms with Crippen LogP contribution in [0.3, 0.4) is 0 Å². The minimum atomic E-state index is -0.624. The van der Waals surface area contributed by atoms with E-state index in [1.807, 2.05) is 40.3 Å². The van der Waals surface area contributed by atoms with Crippen LogP contribution < -0.4 is 27.4 Å². The van der Waals surface area contributed by atoms with Gasteiger partial charge in [0.1, 0.15) is 6.54 Å². The van der Waals surface area contributed by atoms with E-state index in [4.69, 9.17) is 5.84 Å². The van der Waals surface area contributed by atoms with Gasteiger partial charge >= 0.3 is 5.69 Å². The SMILES string of the molecule is C[C@H]1CN(Cc2ccccc2)c2nc3c(c(=O)n(CC(=O)NN)c(=O)n3C)n2C1. The molecule has 1 aliphatic heterocycles. The van der Waals surface area contributed by atoms with E-state index in [0.717, 1.165) is 16.7 Å². The summed E-state index contributed by atoms with van der Waals surface area (Å²) in [6.07, 6.45) is 0. The number of carbonyl (C=O) groups excluding carboxylic acids is 1. The summed E-state index contributed by atoms with van der Waals surface area (Å²) in [7, 11) is 1.55. The monoisotopic (exact) mass is 397 g/mol. The molecule has 4 rings (SSSR count). The molecule has 0 aliphatic carbocycles. The number of amides is 1. The minimum Gasteiger partial charge on any atom is -0.338 e. The number of benzene rings is 1. The van der Waals surface area contributed by atoms with Crippen LogP contribution in [0.1, 0.15) is 12.5 Å². The summed E-state index contributed by atoms with van der Waals surface area (Å²) in [5, 5.41) is 0. The molecule has 10 heteroatoms. The molecule has 0 saturated heterocycles. The fourth-order valence-electron chi connectivity index (χ4n) is 3.87. The minimum absolute atomic E-state index is 0.279. The number of hydrazine groups is 1. The lowest BCUT2D eigenvalue weighted by atomic mass is 10.1. The van der Waals surface area contributed by atoms with E-state index in [1.165, 1.54) is 4.57 Å². The van der Waals surface area contributed by atoms with E-state index in [-0.39, 0.29) is 5.92 Å². The Labute approximate surface area is 166 Å². The Balaban J connectivity index is 1.89. The first-order valence-corrected chi connectivity index (χ1v) is 9.39. The molecule has 10 nitrogen and oxygen atoms in total. The van der Waals surface area contributed by atoms with Crippen molar-refractivity contribution in [3.8, 4) is 0 Å². The van der Waals surface area contributed by atoms with Gasteiger partial charge in [-0.15, -0.1) is 0 Å². The lowest BCUT2D eigenvalue weighted by molar-refractivity contribution is -0.121. The van der Waals surface area contributed by atoms with Crippen molar-refractivity contribution in [1.82, 2.24) is 24.1 Å². The molecule has 29 heavy (non-hydrogen) atoms. The molecule has 0 radical (unpaired) electrons. The summed E-state index contributed by atoms with van der Waals surface area (Å²) in [5.74, 6) is 5.43. The Morgan fingerprint density at radius 1 is 1.24 bits per heavy atom. The Bertz CT molecular complexity index is 1190. The smallest absolute Gasteiger partial charge is 0.332 e. The number of aryl methyl sites for hydroxylation is 1. The van der Waals surface area contributed by atoms with Gasteiger partial charge in [-0.1, -0.05) is 37.3 Å². The van der Waals surface area contributed by atoms with E-state index in [2.05, 4.69) is 16.8 Å². The van der Waals surface area contributed by atoms with E-state index < -0.39 is 23.7 Å². The summed E-state index contributed by atoms with van der Waals surface area (Å²) in [6, 6.07) is 10.0. The number of imidazole rings is 1. The number of carbonyl (C=O) groups is 1. The van der Waals surface area contributed by atoms with Gasteiger partial charge in [0.15, 0.2) is 11.2 Å². The van der Waals surface area contributed by atoms with E-state index in [1.54, 1.807) is 7.05 Å². The molecule has 2 aromatic heterocycles. The molecule has 0 bridgehead atoms. The van der Waals surface area contributed by atoms with Crippen LogP contribution in [0.5, 0.6) is 0 Å². The highest BCUT2D eigenvalue weighted by Crippen LogP contribution is 2.28. The second-order valence-corrected chi connectivity index (χ2v) is 7.47. The molecule has 1 amide bonds. The molecule has 1 aliphatic rings. The highest BCUT2D eigenvalue weighted by molar-refractivity contribution is 5.77. The van der Waals surface area contributed by atoms with Crippen LogP contribution in [-0.2, 0) is 31.5 Å². The van der Waals surface area contributed by atoms with Crippen LogP contribution in [0.4, 0.5) is 5.95 Å². The van der Waals surface area contributed by atoms with Crippen molar-refractivity contribution >= 4 is 23.0 Å². The average molecular weight is 397 g/mol. The molecule has 1 aromatic carbocycles. The number of nitrogens with one attached hydrogen (secondary N) is 1. The zero-order valence-electron chi connectivity index (χ0n) is 16.3. The first-order valence-electron chi connectivity index (χ1n) is 9.39. The van der Waals surface area contributed by atoms with Gasteiger partial charge in [0.25, 0.3) is 11.5 Å². The third-order valence-electron chi connectivity index (χ3n) is 5.20. The van der Waals surface area contributed by atoms with Crippen LogP contribution in [0.15, 0.2) is 39.9 Å². The van der Waals surface area contributed by atoms with Gasteiger partial charge in [-0.25, -0.2) is 15.2 Å². The summed E-state index contributed by atoms with van der Waals surface area (Å²) < 4.78 is 4.04. The molecule has 0 fully saturated rings. The lowest BCUT2D eigenvalue weighted by Crippen LogP contribution is -2.45. The largest absolute Gasteiger partial charge is 0.338 e. The fourth-order valence-corrected chi connectivity index (χ4v) is 3.87. The van der Waals surface area contributed by atoms with Gasteiger partial charge in [-0.3, -0.25) is 19.6 Å². The number of nitrogens with zero attached hydrogens (tertiary/aromatic N) is 5. The number of fused-ring (bicyclic) bond motifs is 3. The van der Waals surface area contributed by atoms with Crippen LogP contribution in [0.25, 0.3) is 11.2 Å². The van der Waals surface area contributed by atoms with Gasteiger partial charge in [0.2, 0.25) is 5.95 Å². The van der Waals surface area contributed by atoms with Gasteiger partial charge in [-0.2, -0.15) is 4.98 Å². The normalized spacial score (nSPS) is 16.1. The van der Waals surface area contributed by atoms with Crippen LogP contribution in [-0.4, -0.2) is 31.1 Å². The molecule has 0 unspecified atom stereocenters. The van der Waals surface area contributed by atoms with Crippen molar-refractivity contribution in [1.29, 1.82) is 0 Å². The second kappa shape index (κ2) is 7.21. The molecule has 3 heterocycles. The molecular formula is C19H23N7O3. The summed E-state index contributed by atoms with van der Waals surface area (Å²) in [6.45, 7) is 3.70. The van der Waals surface area contributed by atoms with Crippen molar-refractivity contribution in [2.75, 3.05) is 11.4 Å². The number of nitrogens with two attached hydrogens (primary N) is 1. The van der Waals surface area contributed by atoms with E-state index in [0.29, 0.717) is 30.2 Å². The topological polar surface area (TPSA) is 120 Å². The maximum Gasteiger partial charge on any atom is 0.332 e. The summed E-state index contributed by atoms with van der Waals surface area (Å²) in [5.41, 5.74) is 2.56. The molecular weight excluding hydrogens is 374 g/mol. The average Bonchev–Trinajstić information content (AvgIpc) is 3.10. The third-order valence-corrected chi connectivity index (χ3v) is 5.20. The zero-order chi connectivity index (χ0) is 20.7. The Kier molecular flexibility index (Phi) is 4.71. The Morgan fingerprint density at radius 3 is 2.66 bits per heavy atom. The number of aromatic nitrogens is 4. The van der Waals surface area contributed by atoms with Crippen molar-refractivity contribution in [3.05, 3.63) is 56.7 Å². The van der Waals surface area contributed by atoms with Gasteiger partial charge in [-0.05, 0) is 11.5 Å². The molecule has 152 valence electrons. The third kappa shape index (κ3) is 3.21. The predicted octanol–water partition coefficient (Wildman–Crippen LogP) is -0.457. The quantitative estimate of drug-likeness (QED) is 0.349. The summed E-state index contributed by atoms with van der Waals surface area (Å²) in [4.78, 5) is 44.2. The predicted molar refractivity (Wildman–Crippen MR) is 108 cm³/mol. The molecule has 3 N–H and O–H groups in total. The zero-order valence-corrected chi connectivity index (χ0v) is 16.3. The fraction of sp³-hybridized carbons (Fsp3) is 0.368. The van der Waals surface area contributed by atoms with Crippen molar-refractivity contribution in [2.24, 2.45) is 18.8 Å². The maximum absolute atomic E-state index is 13.1. The summed E-state index contributed by atoms with van der Waals surface area (Å²) >= 11 is 0. The number of hydrogen-bond donors (Lipinski definition) is 2. The van der Waals surface area contributed by atoms with E-state index >= 15 is 0 Å². The van der Waals surface area contributed by atoms with Crippen molar-refractivity contribution < 1.29 is 4.79 Å². The number of anilines is 1. The molecule has 3 aromatic rings. The maximum atomic E-state index is 13.1. The van der Waals surface area contributed by atoms with Crippen molar-refractivity contribution in [3.63, 3.8) is 0 Å². The van der Waals surface area contributed by atoms with Crippen LogP contribution in [0.2, 0.25) is 0 Å². The van der Waals surface area contributed by atoms with Gasteiger partial charge < -0.3 is 9.47 Å². The second-order valence-electron chi connectivity index (χ2n) is 7.47. The first-order chi connectivity index (χ1) is 13.9. The van der Waals surface area contributed by atoms with Crippen LogP contribution in [0, 0.1) is 5.92 Å². The van der Waals surface area contributed by atoms with Gasteiger partial charge in [0, 0.05) is 26.7 Å². The highest BCUT2D eigenvalue weighted by atomic mass is 16.2. The standard InChI is InChI=1S/C19H23N7O3/c1-12-8-24(10-13-6-4-3-5-7-13)18-21-16-15(25(18)9-12)17(28)26(11-14(27)22-20)19(29)23(16)2/h3-7,12H,8-11,20H2,1-2H3,(H,22,27)/t12-/m0/s1. The number of hydrogen-bond acceptors (Lipinski definition) is 6. The Hall–Kier alpha value is -3.40. The first kappa shape index (κ1) is 18.9. The molecule has 1 atom stereocenters. The molecule has 0 spiro atoms. The highest BCUT2D eigenvalue weighted by Gasteiger charge is 2.29. The lowest BCUT2D eigenvalue weighted by Gasteiger charge is -2.33. The van der Waals surface area contributed by atoms with Crippen molar-refractivity contribution in [2.45, 2.75) is 26.6 Å². The Morgan fingerprint density at radius 2 is 1.97 bits per heavy atom. The number of rotatable bonds is 4.